The minimum absolute atomic E-state index is 0.0300. The summed E-state index contributed by atoms with van der Waals surface area (Å²) in [5.41, 5.74) is 0.635. The third kappa shape index (κ3) is 4.94. The van der Waals surface area contributed by atoms with Crippen molar-refractivity contribution in [3.63, 3.8) is 0 Å². The highest BCUT2D eigenvalue weighted by Crippen LogP contribution is 2.30. The number of benzene rings is 1. The number of hydrogen-bond acceptors (Lipinski definition) is 5. The van der Waals surface area contributed by atoms with Crippen LogP contribution in [-0.4, -0.2) is 27.7 Å². The molecule has 2 rings (SSSR count). The third-order valence-electron chi connectivity index (χ3n) is 2.61. The Kier molecular flexibility index (Phi) is 5.16. The molecule has 0 atom stereocenters. The van der Waals surface area contributed by atoms with Crippen LogP contribution in [0.4, 0.5) is 26.3 Å². The molecule has 0 saturated carbocycles. The van der Waals surface area contributed by atoms with E-state index in [0.717, 1.165) is 11.8 Å². The number of ether oxygens (including phenoxy) is 1. The van der Waals surface area contributed by atoms with Gasteiger partial charge in [-0.1, -0.05) is 23.9 Å². The molecule has 5 nitrogen and oxygen atoms in total. The smallest absolute Gasteiger partial charge is 0.453 e. The average molecular weight is 372 g/mol. The van der Waals surface area contributed by atoms with Crippen molar-refractivity contribution in [2.24, 2.45) is 0 Å². The fraction of sp³-hybridized carbons (Fsp3) is 0.333. The molecule has 0 bridgehead atoms. The summed E-state index contributed by atoms with van der Waals surface area (Å²) in [7, 11) is 0. The number of rotatable bonds is 5. The van der Waals surface area contributed by atoms with E-state index in [0.29, 0.717) is 10.2 Å². The number of aromatic nitrogens is 3. The van der Waals surface area contributed by atoms with E-state index < -0.39 is 24.8 Å². The van der Waals surface area contributed by atoms with Gasteiger partial charge in [0.25, 0.3) is 5.82 Å². The van der Waals surface area contributed by atoms with E-state index in [1.165, 1.54) is 24.3 Å². The molecule has 2 N–H and O–H groups in total. The zero-order valence-electron chi connectivity index (χ0n) is 11.7. The monoisotopic (exact) mass is 372 g/mol. The van der Waals surface area contributed by atoms with Crippen molar-refractivity contribution < 1.29 is 31.1 Å². The largest absolute Gasteiger partial charge is 0.484 e. The fourth-order valence-electron chi connectivity index (χ4n) is 1.56. The predicted molar refractivity (Wildman–Crippen MR) is 72.7 cm³/mol. The van der Waals surface area contributed by atoms with Crippen molar-refractivity contribution in [1.29, 1.82) is 0 Å². The Bertz CT molecular complexity index is 682. The van der Waals surface area contributed by atoms with E-state index in [1.807, 2.05) is 0 Å². The molecule has 0 amide bonds. The highest BCUT2D eigenvalue weighted by molar-refractivity contribution is 7.98. The minimum Gasteiger partial charge on any atom is -0.484 e. The van der Waals surface area contributed by atoms with Crippen LogP contribution < -0.4 is 10.6 Å². The van der Waals surface area contributed by atoms with Gasteiger partial charge in [-0.25, -0.2) is 4.68 Å². The highest BCUT2D eigenvalue weighted by atomic mass is 32.2. The lowest BCUT2D eigenvalue weighted by Gasteiger charge is -2.09. The third-order valence-corrected chi connectivity index (χ3v) is 3.63. The highest BCUT2D eigenvalue weighted by Gasteiger charge is 2.38. The molecule has 0 spiro atoms. The Labute approximate surface area is 135 Å². The van der Waals surface area contributed by atoms with E-state index in [9.17, 15) is 26.3 Å². The molecule has 1 heterocycles. The summed E-state index contributed by atoms with van der Waals surface area (Å²) in [5, 5.41) is 6.19. The molecule has 2 aromatic rings. The van der Waals surface area contributed by atoms with Gasteiger partial charge in [0.2, 0.25) is 5.16 Å². The van der Waals surface area contributed by atoms with Gasteiger partial charge < -0.3 is 10.6 Å². The Morgan fingerprint density at radius 1 is 1.04 bits per heavy atom. The van der Waals surface area contributed by atoms with Gasteiger partial charge in [-0.3, -0.25) is 0 Å². The lowest BCUT2D eigenvalue weighted by Crippen LogP contribution is -2.21. The topological polar surface area (TPSA) is 66.0 Å². The van der Waals surface area contributed by atoms with Crippen LogP contribution in [0.25, 0.3) is 0 Å². The zero-order chi connectivity index (χ0) is 18.0. The van der Waals surface area contributed by atoms with Crippen molar-refractivity contribution in [3.8, 4) is 5.75 Å². The summed E-state index contributed by atoms with van der Waals surface area (Å²) in [6.07, 6.45) is -9.14. The molecule has 0 unspecified atom stereocenters. The molecular weight excluding hydrogens is 362 g/mol. The molecule has 0 radical (unpaired) electrons. The number of nitrogens with zero attached hydrogens (tertiary/aromatic N) is 3. The van der Waals surface area contributed by atoms with Gasteiger partial charge in [-0.2, -0.15) is 26.3 Å². The number of nitrogens with two attached hydrogens (primary N) is 1. The van der Waals surface area contributed by atoms with Crippen molar-refractivity contribution in [3.05, 3.63) is 35.7 Å². The lowest BCUT2D eigenvalue weighted by molar-refractivity contribution is -0.153. The van der Waals surface area contributed by atoms with Gasteiger partial charge in [0, 0.05) is 5.75 Å². The lowest BCUT2D eigenvalue weighted by atomic mass is 10.2. The minimum atomic E-state index is -4.71. The second-order valence-corrected chi connectivity index (χ2v) is 5.45. The van der Waals surface area contributed by atoms with E-state index >= 15 is 0 Å². The fourth-order valence-corrected chi connectivity index (χ4v) is 2.38. The quantitative estimate of drug-likeness (QED) is 0.496. The van der Waals surface area contributed by atoms with Gasteiger partial charge in [0.05, 0.1) is 0 Å². The molecule has 24 heavy (non-hydrogen) atoms. The second-order valence-electron chi connectivity index (χ2n) is 4.51. The zero-order valence-corrected chi connectivity index (χ0v) is 12.5. The molecule has 0 fully saturated rings. The first kappa shape index (κ1) is 18.2. The van der Waals surface area contributed by atoms with Gasteiger partial charge in [-0.15, -0.1) is 10.2 Å². The van der Waals surface area contributed by atoms with Crippen LogP contribution in [0, 0.1) is 0 Å². The molecule has 0 aliphatic heterocycles. The first-order valence-electron chi connectivity index (χ1n) is 6.25. The van der Waals surface area contributed by atoms with Gasteiger partial charge in [-0.05, 0) is 17.7 Å². The van der Waals surface area contributed by atoms with Crippen molar-refractivity contribution in [2.75, 3.05) is 12.4 Å². The molecule has 12 heteroatoms. The van der Waals surface area contributed by atoms with E-state index in [4.69, 9.17) is 5.84 Å². The maximum absolute atomic E-state index is 12.5. The SMILES string of the molecule is Nn1c(SCc2ccc(OCC(F)(F)F)cc2)nnc1C(F)(F)F. The Morgan fingerprint density at radius 3 is 2.17 bits per heavy atom. The molecule has 1 aromatic heterocycles. The summed E-state index contributed by atoms with van der Waals surface area (Å²) in [6.45, 7) is -1.41. The van der Waals surface area contributed by atoms with Crippen molar-refractivity contribution in [1.82, 2.24) is 14.9 Å². The van der Waals surface area contributed by atoms with Crippen molar-refractivity contribution >= 4 is 11.8 Å². The molecular formula is C12H10F6N4OS. The summed E-state index contributed by atoms with van der Waals surface area (Å²) in [6, 6.07) is 5.63. The van der Waals surface area contributed by atoms with Gasteiger partial charge in [0.15, 0.2) is 6.61 Å². The number of hydrogen-bond donors (Lipinski definition) is 1. The number of alkyl halides is 6. The van der Waals surface area contributed by atoms with Crippen LogP contribution >= 0.6 is 11.8 Å². The molecule has 1 aromatic carbocycles. The summed E-state index contributed by atoms with van der Waals surface area (Å²) < 4.78 is 78.5. The Balaban J connectivity index is 1.94. The average Bonchev–Trinajstić information content (AvgIpc) is 2.84. The van der Waals surface area contributed by atoms with Crippen LogP contribution in [0.3, 0.4) is 0 Å². The molecule has 0 aliphatic rings. The van der Waals surface area contributed by atoms with E-state index in [2.05, 4.69) is 14.9 Å². The normalized spacial score (nSPS) is 12.4. The summed E-state index contributed by atoms with van der Waals surface area (Å²) >= 11 is 0.904. The van der Waals surface area contributed by atoms with Crippen LogP contribution in [-0.2, 0) is 11.9 Å². The van der Waals surface area contributed by atoms with Crippen LogP contribution in [0.5, 0.6) is 5.75 Å². The van der Waals surface area contributed by atoms with E-state index in [-0.39, 0.29) is 16.7 Å². The Morgan fingerprint density at radius 2 is 1.67 bits per heavy atom. The summed E-state index contributed by atoms with van der Waals surface area (Å²) in [4.78, 5) is 0. The standard InChI is InChI=1S/C12H10F6N4OS/c13-11(14,15)6-23-8-3-1-7(2-4-8)5-24-10-21-20-9(22(10)19)12(16,17)18/h1-4H,5-6,19H2. The van der Waals surface area contributed by atoms with Gasteiger partial charge >= 0.3 is 12.4 Å². The first-order chi connectivity index (χ1) is 11.1. The predicted octanol–water partition coefficient (Wildman–Crippen LogP) is 3.24. The van der Waals surface area contributed by atoms with Crippen LogP contribution in [0.1, 0.15) is 11.4 Å². The molecule has 0 aliphatic carbocycles. The van der Waals surface area contributed by atoms with E-state index in [1.54, 1.807) is 0 Å². The first-order valence-corrected chi connectivity index (χ1v) is 7.24. The molecule has 0 saturated heterocycles. The number of nitrogen functional groups attached to an aromatic ring is 1. The maximum Gasteiger partial charge on any atom is 0.453 e. The van der Waals surface area contributed by atoms with Gasteiger partial charge in [0.1, 0.15) is 5.75 Å². The summed E-state index contributed by atoms with van der Waals surface area (Å²) in [5.74, 6) is 4.19. The Hall–Kier alpha value is -2.11. The molecule has 132 valence electrons. The maximum atomic E-state index is 12.5. The van der Waals surface area contributed by atoms with Crippen molar-refractivity contribution in [2.45, 2.75) is 23.3 Å². The van der Waals surface area contributed by atoms with Crippen LogP contribution in [0.15, 0.2) is 29.4 Å². The van der Waals surface area contributed by atoms with Crippen LogP contribution in [0.2, 0.25) is 0 Å². The number of thioether (sulfide) groups is 1. The second kappa shape index (κ2) is 6.79. The number of halogens is 6.